The second kappa shape index (κ2) is 14.9. The van der Waals surface area contributed by atoms with Crippen molar-refractivity contribution >= 4 is 17.8 Å². The van der Waals surface area contributed by atoms with Gasteiger partial charge >= 0.3 is 0 Å². The Morgan fingerprint density at radius 1 is 0.615 bits per heavy atom. The first-order valence-electron chi connectivity index (χ1n) is 12.8. The maximum Gasteiger partial charge on any atom is 0.211 e. The molecule has 204 valence electrons. The van der Waals surface area contributed by atoms with Crippen molar-refractivity contribution in [3.63, 3.8) is 0 Å². The Kier molecular flexibility index (Phi) is 11.1. The normalized spacial score (nSPS) is 9.97. The zero-order valence-electron chi connectivity index (χ0n) is 23.1. The number of amides is 1. The molecule has 0 radical (unpaired) electrons. The number of methoxy groups -OCH3 is 2. The minimum Gasteiger partial charge on any atom is -0.493 e. The SMILES string of the molecule is CCc1ccc(Oc2ccccc2NC)c(OC)c1.CCc1ccc(Oc2ccccc2NC=O)c(OC)c1. The highest BCUT2D eigenvalue weighted by Gasteiger charge is 2.10. The number of hydrogen-bond acceptors (Lipinski definition) is 6. The van der Waals surface area contributed by atoms with Crippen LogP contribution in [0.3, 0.4) is 0 Å². The third-order valence-corrected chi connectivity index (χ3v) is 5.97. The molecule has 1 amide bonds. The van der Waals surface area contributed by atoms with Gasteiger partial charge in [-0.3, -0.25) is 4.79 Å². The monoisotopic (exact) mass is 528 g/mol. The van der Waals surface area contributed by atoms with E-state index in [0.717, 1.165) is 35.8 Å². The first-order chi connectivity index (χ1) is 19.1. The van der Waals surface area contributed by atoms with Crippen molar-refractivity contribution in [3.8, 4) is 34.5 Å². The van der Waals surface area contributed by atoms with Crippen LogP contribution in [0.1, 0.15) is 25.0 Å². The number of rotatable bonds is 11. The third kappa shape index (κ3) is 7.92. The number of carbonyl (C=O) groups excluding carboxylic acids is 1. The summed E-state index contributed by atoms with van der Waals surface area (Å²) in [4.78, 5) is 10.6. The van der Waals surface area contributed by atoms with E-state index in [4.69, 9.17) is 18.9 Å². The fourth-order valence-corrected chi connectivity index (χ4v) is 3.77. The molecule has 0 bridgehead atoms. The van der Waals surface area contributed by atoms with Gasteiger partial charge in [0.05, 0.1) is 25.6 Å². The molecular formula is C32H36N2O5. The number of hydrogen-bond donors (Lipinski definition) is 2. The van der Waals surface area contributed by atoms with Gasteiger partial charge in [-0.1, -0.05) is 50.2 Å². The first kappa shape index (κ1) is 28.9. The van der Waals surface area contributed by atoms with Crippen LogP contribution in [0.4, 0.5) is 11.4 Å². The molecule has 4 aromatic carbocycles. The number of aryl methyl sites for hydroxylation is 2. The van der Waals surface area contributed by atoms with Crippen LogP contribution >= 0.6 is 0 Å². The van der Waals surface area contributed by atoms with Gasteiger partial charge < -0.3 is 29.6 Å². The van der Waals surface area contributed by atoms with Crippen LogP contribution in [0.25, 0.3) is 0 Å². The number of anilines is 2. The van der Waals surface area contributed by atoms with Crippen molar-refractivity contribution in [3.05, 3.63) is 96.1 Å². The molecule has 4 aromatic rings. The van der Waals surface area contributed by atoms with Crippen molar-refractivity contribution in [2.45, 2.75) is 26.7 Å². The van der Waals surface area contributed by atoms with E-state index in [2.05, 4.69) is 30.5 Å². The van der Waals surface area contributed by atoms with Gasteiger partial charge in [0.15, 0.2) is 34.5 Å². The first-order valence-corrected chi connectivity index (χ1v) is 12.8. The van der Waals surface area contributed by atoms with Crippen LogP contribution in [0.2, 0.25) is 0 Å². The Labute approximate surface area is 230 Å². The van der Waals surface area contributed by atoms with Crippen molar-refractivity contribution in [1.82, 2.24) is 0 Å². The molecule has 4 rings (SSSR count). The summed E-state index contributed by atoms with van der Waals surface area (Å²) < 4.78 is 22.5. The highest BCUT2D eigenvalue weighted by atomic mass is 16.5. The quantitative estimate of drug-likeness (QED) is 0.194. The van der Waals surface area contributed by atoms with Gasteiger partial charge in [0.25, 0.3) is 0 Å². The molecule has 0 aliphatic rings. The fourth-order valence-electron chi connectivity index (χ4n) is 3.77. The molecule has 0 spiro atoms. The number of benzene rings is 4. The fraction of sp³-hybridized carbons (Fsp3) is 0.219. The lowest BCUT2D eigenvalue weighted by molar-refractivity contribution is -0.105. The van der Waals surface area contributed by atoms with Crippen molar-refractivity contribution in [1.29, 1.82) is 0 Å². The topological polar surface area (TPSA) is 78.0 Å². The van der Waals surface area contributed by atoms with E-state index in [1.165, 1.54) is 11.1 Å². The molecule has 0 fully saturated rings. The van der Waals surface area contributed by atoms with E-state index in [1.807, 2.05) is 73.8 Å². The lowest BCUT2D eigenvalue weighted by Gasteiger charge is -2.14. The molecule has 0 saturated heterocycles. The molecule has 0 unspecified atom stereocenters. The zero-order chi connectivity index (χ0) is 28.0. The Morgan fingerprint density at radius 2 is 1.08 bits per heavy atom. The highest BCUT2D eigenvalue weighted by Crippen LogP contribution is 2.36. The van der Waals surface area contributed by atoms with Crippen LogP contribution in [0.15, 0.2) is 84.9 Å². The van der Waals surface area contributed by atoms with Crippen LogP contribution in [-0.2, 0) is 17.6 Å². The minimum absolute atomic E-state index is 0.571. The molecule has 0 aliphatic carbocycles. The van der Waals surface area contributed by atoms with Crippen molar-refractivity contribution in [2.75, 3.05) is 31.9 Å². The molecule has 39 heavy (non-hydrogen) atoms. The van der Waals surface area contributed by atoms with Crippen molar-refractivity contribution in [2.24, 2.45) is 0 Å². The molecule has 0 atom stereocenters. The molecule has 0 aromatic heterocycles. The van der Waals surface area contributed by atoms with Gasteiger partial charge in [-0.25, -0.2) is 0 Å². The molecule has 7 nitrogen and oxygen atoms in total. The van der Waals surface area contributed by atoms with Gasteiger partial charge in [-0.05, 0) is 72.5 Å². The maximum atomic E-state index is 10.6. The Morgan fingerprint density at radius 3 is 1.51 bits per heavy atom. The summed E-state index contributed by atoms with van der Waals surface area (Å²) in [5.74, 6) is 4.12. The summed E-state index contributed by atoms with van der Waals surface area (Å²) in [6.07, 6.45) is 2.53. The number of nitrogens with one attached hydrogen (secondary N) is 2. The predicted molar refractivity (Wildman–Crippen MR) is 157 cm³/mol. The molecule has 2 N–H and O–H groups in total. The third-order valence-electron chi connectivity index (χ3n) is 5.97. The average molecular weight is 529 g/mol. The van der Waals surface area contributed by atoms with Gasteiger partial charge in [0, 0.05) is 7.05 Å². The molecule has 7 heteroatoms. The second-order valence-electron chi connectivity index (χ2n) is 8.39. The van der Waals surface area contributed by atoms with E-state index < -0.39 is 0 Å². The van der Waals surface area contributed by atoms with Gasteiger partial charge in [0.2, 0.25) is 6.41 Å². The number of carbonyl (C=O) groups is 1. The number of ether oxygens (including phenoxy) is 4. The van der Waals surface area contributed by atoms with Crippen LogP contribution in [0.5, 0.6) is 34.5 Å². The predicted octanol–water partition coefficient (Wildman–Crippen LogP) is 7.71. The zero-order valence-corrected chi connectivity index (χ0v) is 23.1. The Balaban J connectivity index is 0.000000216. The lowest BCUT2D eigenvalue weighted by atomic mass is 10.1. The summed E-state index contributed by atoms with van der Waals surface area (Å²) in [5.41, 5.74) is 3.97. The maximum absolute atomic E-state index is 10.6. The molecule has 0 heterocycles. The van der Waals surface area contributed by atoms with E-state index in [0.29, 0.717) is 29.3 Å². The number of para-hydroxylation sites is 4. The smallest absolute Gasteiger partial charge is 0.211 e. The van der Waals surface area contributed by atoms with Crippen LogP contribution in [0, 0.1) is 0 Å². The van der Waals surface area contributed by atoms with E-state index in [9.17, 15) is 4.79 Å². The summed E-state index contributed by atoms with van der Waals surface area (Å²) >= 11 is 0. The van der Waals surface area contributed by atoms with Gasteiger partial charge in [-0.15, -0.1) is 0 Å². The van der Waals surface area contributed by atoms with E-state index in [-0.39, 0.29) is 0 Å². The molecular weight excluding hydrogens is 492 g/mol. The van der Waals surface area contributed by atoms with E-state index in [1.54, 1.807) is 26.4 Å². The summed E-state index contributed by atoms with van der Waals surface area (Å²) in [6.45, 7) is 4.20. The highest BCUT2D eigenvalue weighted by molar-refractivity contribution is 5.75. The average Bonchev–Trinajstić information content (AvgIpc) is 2.99. The minimum atomic E-state index is 0.571. The second-order valence-corrected chi connectivity index (χ2v) is 8.39. The van der Waals surface area contributed by atoms with E-state index >= 15 is 0 Å². The largest absolute Gasteiger partial charge is 0.493 e. The van der Waals surface area contributed by atoms with Crippen molar-refractivity contribution < 1.29 is 23.7 Å². The summed E-state index contributed by atoms with van der Waals surface area (Å²) in [5, 5.41) is 5.72. The summed E-state index contributed by atoms with van der Waals surface area (Å²) in [6, 6.07) is 26.9. The molecule has 0 saturated carbocycles. The summed E-state index contributed by atoms with van der Waals surface area (Å²) in [7, 11) is 5.14. The van der Waals surface area contributed by atoms with Gasteiger partial charge in [-0.2, -0.15) is 0 Å². The lowest BCUT2D eigenvalue weighted by Crippen LogP contribution is -1.98. The van der Waals surface area contributed by atoms with Crippen LogP contribution < -0.4 is 29.6 Å². The van der Waals surface area contributed by atoms with Gasteiger partial charge in [0.1, 0.15) is 0 Å². The standard InChI is InChI=1S/C16H17NO3.C16H19NO2/c1-3-12-8-9-15(16(10-12)19-2)20-14-7-5-4-6-13(14)17-11-18;1-4-12-9-10-15(16(11-12)18-3)19-14-8-6-5-7-13(14)17-2/h4-11H,3H2,1-2H3,(H,17,18);5-11,17H,4H2,1-3H3. The Hall–Kier alpha value is -4.65. The Bertz CT molecular complexity index is 1360. The van der Waals surface area contributed by atoms with Crippen LogP contribution in [-0.4, -0.2) is 27.7 Å². The molecule has 0 aliphatic heterocycles.